The lowest BCUT2D eigenvalue weighted by Gasteiger charge is -2.43. The van der Waals surface area contributed by atoms with Gasteiger partial charge >= 0.3 is 5.97 Å². The smallest absolute Gasteiger partial charge is 0.339 e. The number of aromatic carboxylic acids is 1. The Balaban J connectivity index is 1.97. The molecule has 1 aliphatic carbocycles. The average molecular weight is 304 g/mol. The Kier molecular flexibility index (Phi) is 3.85. The van der Waals surface area contributed by atoms with E-state index in [1.165, 1.54) is 0 Å². The Bertz CT molecular complexity index is 602. The third-order valence-electron chi connectivity index (χ3n) is 5.44. The van der Waals surface area contributed by atoms with Gasteiger partial charge in [0, 0.05) is 24.2 Å². The fourth-order valence-corrected chi connectivity index (χ4v) is 4.03. The van der Waals surface area contributed by atoms with Crippen molar-refractivity contribution in [2.75, 3.05) is 18.0 Å². The topological polar surface area (TPSA) is 73.7 Å². The maximum atomic E-state index is 11.6. The second-order valence-corrected chi connectivity index (χ2v) is 6.86. The van der Waals surface area contributed by atoms with Crippen LogP contribution in [0.15, 0.2) is 6.07 Å². The summed E-state index contributed by atoms with van der Waals surface area (Å²) in [5, 5.41) is 19.9. The van der Waals surface area contributed by atoms with E-state index in [2.05, 4.69) is 9.88 Å². The van der Waals surface area contributed by atoms with E-state index in [0.29, 0.717) is 12.4 Å². The van der Waals surface area contributed by atoms with Crippen LogP contribution in [0.2, 0.25) is 0 Å². The molecule has 0 radical (unpaired) electrons. The van der Waals surface area contributed by atoms with E-state index in [9.17, 15) is 15.0 Å². The quantitative estimate of drug-likeness (QED) is 0.878. The molecule has 2 atom stereocenters. The number of hydrogen-bond acceptors (Lipinski definition) is 4. The molecular weight excluding hydrogens is 280 g/mol. The molecular formula is C17H24N2O3. The molecule has 0 aromatic carbocycles. The SMILES string of the molecule is Cc1cc(C(=O)O)c(N2CCC[C@@]3(CCC[C@H]3O)C2)nc1C. The van der Waals surface area contributed by atoms with Gasteiger partial charge < -0.3 is 15.1 Å². The maximum absolute atomic E-state index is 11.6. The molecule has 5 heteroatoms. The summed E-state index contributed by atoms with van der Waals surface area (Å²) in [5.74, 6) is -0.369. The zero-order chi connectivity index (χ0) is 15.9. The standard InChI is InChI=1S/C17H24N2O3/c1-11-9-13(16(21)22)15(18-12(11)2)19-8-4-7-17(10-19)6-3-5-14(17)20/h9,14,20H,3-8,10H2,1-2H3,(H,21,22)/t14-,17+/m1/s1. The van der Waals surface area contributed by atoms with Crippen molar-refractivity contribution in [3.8, 4) is 0 Å². The van der Waals surface area contributed by atoms with Gasteiger partial charge in [-0.3, -0.25) is 0 Å². The van der Waals surface area contributed by atoms with E-state index in [0.717, 1.165) is 49.9 Å². The summed E-state index contributed by atoms with van der Waals surface area (Å²) in [6.07, 6.45) is 4.68. The molecule has 1 saturated heterocycles. The Morgan fingerprint density at radius 3 is 2.73 bits per heavy atom. The highest BCUT2D eigenvalue weighted by Crippen LogP contribution is 2.46. The minimum Gasteiger partial charge on any atom is -0.478 e. The highest BCUT2D eigenvalue weighted by Gasteiger charge is 2.45. The average Bonchev–Trinajstić information content (AvgIpc) is 2.82. The predicted octanol–water partition coefficient (Wildman–Crippen LogP) is 2.53. The number of anilines is 1. The predicted molar refractivity (Wildman–Crippen MR) is 84.4 cm³/mol. The molecule has 0 unspecified atom stereocenters. The van der Waals surface area contributed by atoms with E-state index >= 15 is 0 Å². The zero-order valence-corrected chi connectivity index (χ0v) is 13.3. The van der Waals surface area contributed by atoms with Gasteiger partial charge in [0.1, 0.15) is 11.4 Å². The molecule has 22 heavy (non-hydrogen) atoms. The molecule has 2 heterocycles. The fourth-order valence-electron chi connectivity index (χ4n) is 4.03. The number of nitrogens with zero attached hydrogens (tertiary/aromatic N) is 2. The number of aliphatic hydroxyl groups is 1. The van der Waals surface area contributed by atoms with Crippen molar-refractivity contribution in [2.24, 2.45) is 5.41 Å². The van der Waals surface area contributed by atoms with E-state index in [4.69, 9.17) is 0 Å². The molecule has 120 valence electrons. The van der Waals surface area contributed by atoms with Crippen LogP contribution in [0.1, 0.15) is 53.7 Å². The Labute approximate surface area is 131 Å². The van der Waals surface area contributed by atoms with Crippen LogP contribution in [0.4, 0.5) is 5.82 Å². The number of aryl methyl sites for hydroxylation is 2. The second kappa shape index (κ2) is 5.54. The van der Waals surface area contributed by atoms with E-state index in [-0.39, 0.29) is 17.1 Å². The van der Waals surface area contributed by atoms with Crippen LogP contribution in [0.5, 0.6) is 0 Å². The van der Waals surface area contributed by atoms with Gasteiger partial charge in [-0.05, 0) is 51.2 Å². The summed E-state index contributed by atoms with van der Waals surface area (Å²) < 4.78 is 0. The monoisotopic (exact) mass is 304 g/mol. The fraction of sp³-hybridized carbons (Fsp3) is 0.647. The summed E-state index contributed by atoms with van der Waals surface area (Å²) in [4.78, 5) is 18.2. The molecule has 1 aliphatic heterocycles. The van der Waals surface area contributed by atoms with Crippen molar-refractivity contribution in [1.29, 1.82) is 0 Å². The number of rotatable bonds is 2. The molecule has 1 aromatic rings. The lowest BCUT2D eigenvalue weighted by molar-refractivity contribution is 0.0407. The van der Waals surface area contributed by atoms with Crippen LogP contribution in [0.25, 0.3) is 0 Å². The van der Waals surface area contributed by atoms with Gasteiger partial charge in [-0.25, -0.2) is 9.78 Å². The number of piperidine rings is 1. The van der Waals surface area contributed by atoms with E-state index < -0.39 is 5.97 Å². The maximum Gasteiger partial charge on any atom is 0.339 e. The first-order valence-corrected chi connectivity index (χ1v) is 8.07. The number of pyridine rings is 1. The zero-order valence-electron chi connectivity index (χ0n) is 13.3. The number of carboxylic acid groups (broad SMARTS) is 1. The van der Waals surface area contributed by atoms with Crippen molar-refractivity contribution in [3.63, 3.8) is 0 Å². The van der Waals surface area contributed by atoms with Crippen molar-refractivity contribution in [2.45, 2.75) is 52.1 Å². The third-order valence-corrected chi connectivity index (χ3v) is 5.44. The lowest BCUT2D eigenvalue weighted by atomic mass is 9.76. The van der Waals surface area contributed by atoms with Crippen LogP contribution in [-0.4, -0.2) is 40.4 Å². The number of hydrogen-bond donors (Lipinski definition) is 2. The van der Waals surface area contributed by atoms with Gasteiger partial charge in [-0.15, -0.1) is 0 Å². The summed E-state index contributed by atoms with van der Waals surface area (Å²) in [5.41, 5.74) is 1.96. The molecule has 3 rings (SSSR count). The summed E-state index contributed by atoms with van der Waals surface area (Å²) in [6.45, 7) is 5.32. The van der Waals surface area contributed by atoms with Gasteiger partial charge in [-0.2, -0.15) is 0 Å². The molecule has 2 fully saturated rings. The normalized spacial score (nSPS) is 28.3. The molecule has 5 nitrogen and oxygen atoms in total. The summed E-state index contributed by atoms with van der Waals surface area (Å²) in [7, 11) is 0. The highest BCUT2D eigenvalue weighted by atomic mass is 16.4. The molecule has 1 aromatic heterocycles. The van der Waals surface area contributed by atoms with Crippen LogP contribution < -0.4 is 4.90 Å². The molecule has 2 aliphatic rings. The van der Waals surface area contributed by atoms with Gasteiger partial charge in [0.15, 0.2) is 0 Å². The number of carbonyl (C=O) groups is 1. The summed E-state index contributed by atoms with van der Waals surface area (Å²) >= 11 is 0. The Morgan fingerprint density at radius 1 is 1.36 bits per heavy atom. The van der Waals surface area contributed by atoms with Crippen LogP contribution in [0.3, 0.4) is 0 Å². The highest BCUT2D eigenvalue weighted by molar-refractivity contribution is 5.93. The van der Waals surface area contributed by atoms with Crippen LogP contribution in [-0.2, 0) is 0 Å². The summed E-state index contributed by atoms with van der Waals surface area (Å²) in [6, 6.07) is 1.71. The van der Waals surface area contributed by atoms with Crippen molar-refractivity contribution in [1.82, 2.24) is 4.98 Å². The molecule has 1 spiro atoms. The van der Waals surface area contributed by atoms with Crippen LogP contribution in [0, 0.1) is 19.3 Å². The minimum absolute atomic E-state index is 0.0749. The lowest BCUT2D eigenvalue weighted by Crippen LogP contribution is -2.48. The van der Waals surface area contributed by atoms with Gasteiger partial charge in [0.05, 0.1) is 6.10 Å². The Morgan fingerprint density at radius 2 is 2.09 bits per heavy atom. The van der Waals surface area contributed by atoms with Gasteiger partial charge in [0.2, 0.25) is 0 Å². The van der Waals surface area contributed by atoms with Crippen molar-refractivity contribution < 1.29 is 15.0 Å². The van der Waals surface area contributed by atoms with E-state index in [1.807, 2.05) is 13.8 Å². The first kappa shape index (κ1) is 15.3. The van der Waals surface area contributed by atoms with Gasteiger partial charge in [0.25, 0.3) is 0 Å². The number of aliphatic hydroxyl groups excluding tert-OH is 1. The van der Waals surface area contributed by atoms with Crippen LogP contribution >= 0.6 is 0 Å². The first-order chi connectivity index (χ1) is 10.4. The molecule has 0 bridgehead atoms. The Hall–Kier alpha value is -1.62. The second-order valence-electron chi connectivity index (χ2n) is 6.86. The third kappa shape index (κ3) is 2.47. The number of aromatic nitrogens is 1. The molecule has 0 amide bonds. The number of carboxylic acids is 1. The first-order valence-electron chi connectivity index (χ1n) is 8.07. The van der Waals surface area contributed by atoms with Gasteiger partial charge in [-0.1, -0.05) is 6.42 Å². The van der Waals surface area contributed by atoms with Crippen molar-refractivity contribution >= 4 is 11.8 Å². The molecule has 1 saturated carbocycles. The van der Waals surface area contributed by atoms with Crippen molar-refractivity contribution in [3.05, 3.63) is 22.9 Å². The minimum atomic E-state index is -0.933. The largest absolute Gasteiger partial charge is 0.478 e. The van der Waals surface area contributed by atoms with E-state index in [1.54, 1.807) is 6.07 Å². The molecule has 2 N–H and O–H groups in total.